The summed E-state index contributed by atoms with van der Waals surface area (Å²) in [5.74, 6) is 1.42. The molecule has 0 spiro atoms. The molecular formula is C16H22N2O. The summed E-state index contributed by atoms with van der Waals surface area (Å²) in [6, 6.07) is 10.2. The summed E-state index contributed by atoms with van der Waals surface area (Å²) >= 11 is 0. The normalized spacial score (nSPS) is 37.7. The van der Waals surface area contributed by atoms with Crippen LogP contribution in [-0.4, -0.2) is 16.5 Å². The van der Waals surface area contributed by atoms with E-state index in [0.717, 1.165) is 30.2 Å². The minimum Gasteiger partial charge on any atom is -0.411 e. The van der Waals surface area contributed by atoms with Gasteiger partial charge in [0.1, 0.15) is 0 Å². The fourth-order valence-electron chi connectivity index (χ4n) is 3.77. The van der Waals surface area contributed by atoms with Crippen LogP contribution in [0.4, 0.5) is 5.69 Å². The largest absolute Gasteiger partial charge is 0.411 e. The molecule has 3 rings (SSSR count). The predicted molar refractivity (Wildman–Crippen MR) is 77.7 cm³/mol. The highest BCUT2D eigenvalue weighted by Crippen LogP contribution is 2.66. The number of nitrogens with zero attached hydrogens (tertiary/aromatic N) is 1. The monoisotopic (exact) mass is 258 g/mol. The lowest BCUT2D eigenvalue weighted by Crippen LogP contribution is -2.46. The SMILES string of the molecule is CC1(Nc2ccccc2)CC2C(C/C1=N\O)C2(C)C. The minimum atomic E-state index is -0.231. The fourth-order valence-corrected chi connectivity index (χ4v) is 3.77. The number of fused-ring (bicyclic) bond motifs is 1. The molecule has 0 radical (unpaired) electrons. The zero-order valence-corrected chi connectivity index (χ0v) is 11.9. The number of oxime groups is 1. The van der Waals surface area contributed by atoms with Crippen molar-refractivity contribution in [3.63, 3.8) is 0 Å². The Morgan fingerprint density at radius 3 is 2.47 bits per heavy atom. The van der Waals surface area contributed by atoms with Crippen molar-refractivity contribution in [3.8, 4) is 0 Å². The molecule has 3 atom stereocenters. The maximum absolute atomic E-state index is 9.36. The van der Waals surface area contributed by atoms with E-state index in [1.165, 1.54) is 0 Å². The first-order valence-corrected chi connectivity index (χ1v) is 7.02. The van der Waals surface area contributed by atoms with Gasteiger partial charge in [-0.3, -0.25) is 0 Å². The van der Waals surface area contributed by atoms with E-state index in [1.54, 1.807) is 0 Å². The molecule has 1 aromatic rings. The lowest BCUT2D eigenvalue weighted by atomic mass is 9.81. The highest BCUT2D eigenvalue weighted by molar-refractivity contribution is 5.97. The highest BCUT2D eigenvalue weighted by atomic mass is 16.4. The van der Waals surface area contributed by atoms with E-state index in [4.69, 9.17) is 0 Å². The van der Waals surface area contributed by atoms with Gasteiger partial charge in [-0.1, -0.05) is 37.2 Å². The van der Waals surface area contributed by atoms with Gasteiger partial charge in [-0.2, -0.15) is 0 Å². The fraction of sp³-hybridized carbons (Fsp3) is 0.562. The van der Waals surface area contributed by atoms with Gasteiger partial charge in [0.05, 0.1) is 11.3 Å². The summed E-state index contributed by atoms with van der Waals surface area (Å²) in [7, 11) is 0. The van der Waals surface area contributed by atoms with Crippen LogP contribution in [-0.2, 0) is 0 Å². The third-order valence-electron chi connectivity index (χ3n) is 5.28. The maximum Gasteiger partial charge on any atom is 0.0824 e. The van der Waals surface area contributed by atoms with Crippen LogP contribution in [0.25, 0.3) is 0 Å². The zero-order chi connectivity index (χ0) is 13.7. The zero-order valence-electron chi connectivity index (χ0n) is 11.9. The molecule has 3 nitrogen and oxygen atoms in total. The molecule has 3 heteroatoms. The van der Waals surface area contributed by atoms with Gasteiger partial charge in [-0.05, 0) is 49.1 Å². The maximum atomic E-state index is 9.36. The summed E-state index contributed by atoms with van der Waals surface area (Å²) in [6.07, 6.45) is 1.95. The van der Waals surface area contributed by atoms with Crippen molar-refractivity contribution in [2.75, 3.05) is 5.32 Å². The summed E-state index contributed by atoms with van der Waals surface area (Å²) in [5, 5.41) is 16.5. The van der Waals surface area contributed by atoms with E-state index in [9.17, 15) is 5.21 Å². The Morgan fingerprint density at radius 1 is 1.16 bits per heavy atom. The third kappa shape index (κ3) is 1.92. The van der Waals surface area contributed by atoms with Crippen LogP contribution < -0.4 is 5.32 Å². The Labute approximate surface area is 114 Å². The molecule has 0 aliphatic heterocycles. The number of hydrogen-bond acceptors (Lipinski definition) is 3. The van der Waals surface area contributed by atoms with Gasteiger partial charge in [0, 0.05) is 5.69 Å². The van der Waals surface area contributed by atoms with Crippen LogP contribution in [0.1, 0.15) is 33.6 Å². The quantitative estimate of drug-likeness (QED) is 0.626. The molecule has 102 valence electrons. The number of hydrogen-bond donors (Lipinski definition) is 2. The summed E-state index contributed by atoms with van der Waals surface area (Å²) in [6.45, 7) is 6.80. The number of para-hydroxylation sites is 1. The second-order valence-electron chi connectivity index (χ2n) is 6.81. The van der Waals surface area contributed by atoms with Gasteiger partial charge in [0.25, 0.3) is 0 Å². The average Bonchev–Trinajstić information content (AvgIpc) is 2.89. The Hall–Kier alpha value is -1.51. The van der Waals surface area contributed by atoms with Crippen LogP contribution in [0.15, 0.2) is 35.5 Å². The molecule has 0 saturated heterocycles. The van der Waals surface area contributed by atoms with Crippen molar-refractivity contribution >= 4 is 11.4 Å². The number of rotatable bonds is 2. The first-order valence-electron chi connectivity index (χ1n) is 7.02. The average molecular weight is 258 g/mol. The summed E-state index contributed by atoms with van der Waals surface area (Å²) < 4.78 is 0. The van der Waals surface area contributed by atoms with E-state index < -0.39 is 0 Å². The first-order chi connectivity index (χ1) is 8.97. The van der Waals surface area contributed by atoms with Crippen LogP contribution >= 0.6 is 0 Å². The van der Waals surface area contributed by atoms with Crippen molar-refractivity contribution in [2.45, 2.75) is 39.2 Å². The molecule has 0 aromatic heterocycles. The molecule has 2 saturated carbocycles. The molecular weight excluding hydrogens is 236 g/mol. The standard InChI is InChI=1S/C16H22N2O/c1-15(2)12-9-14(18-19)16(3,10-13(12)15)17-11-7-5-4-6-8-11/h4-8,12-13,17,19H,9-10H2,1-3H3/b18-14+. The van der Waals surface area contributed by atoms with Gasteiger partial charge < -0.3 is 10.5 Å². The van der Waals surface area contributed by atoms with E-state index in [-0.39, 0.29) is 5.54 Å². The van der Waals surface area contributed by atoms with Crippen molar-refractivity contribution in [1.29, 1.82) is 0 Å². The van der Waals surface area contributed by atoms with Gasteiger partial charge in [0.15, 0.2) is 0 Å². The van der Waals surface area contributed by atoms with Gasteiger partial charge >= 0.3 is 0 Å². The van der Waals surface area contributed by atoms with Crippen LogP contribution in [0.5, 0.6) is 0 Å². The Balaban J connectivity index is 1.85. The first kappa shape index (κ1) is 12.5. The Bertz CT molecular complexity index is 509. The Kier molecular flexibility index (Phi) is 2.63. The Morgan fingerprint density at radius 2 is 1.84 bits per heavy atom. The lowest BCUT2D eigenvalue weighted by Gasteiger charge is -2.35. The lowest BCUT2D eigenvalue weighted by molar-refractivity contribution is 0.307. The summed E-state index contributed by atoms with van der Waals surface area (Å²) in [4.78, 5) is 0. The molecule has 3 unspecified atom stereocenters. The number of anilines is 1. The molecule has 1 aromatic carbocycles. The van der Waals surface area contributed by atoms with Crippen molar-refractivity contribution < 1.29 is 5.21 Å². The topological polar surface area (TPSA) is 44.6 Å². The molecule has 2 fully saturated rings. The van der Waals surface area contributed by atoms with E-state index >= 15 is 0 Å². The van der Waals surface area contributed by atoms with E-state index in [2.05, 4.69) is 43.4 Å². The molecule has 2 N–H and O–H groups in total. The molecule has 19 heavy (non-hydrogen) atoms. The highest BCUT2D eigenvalue weighted by Gasteiger charge is 2.63. The smallest absolute Gasteiger partial charge is 0.0824 e. The summed E-state index contributed by atoms with van der Waals surface area (Å²) in [5.41, 5.74) is 2.14. The van der Waals surface area contributed by atoms with Crippen molar-refractivity contribution in [1.82, 2.24) is 0 Å². The second-order valence-corrected chi connectivity index (χ2v) is 6.81. The second kappa shape index (κ2) is 3.99. The molecule has 0 amide bonds. The predicted octanol–water partition coefficient (Wildman–Crippen LogP) is 3.75. The van der Waals surface area contributed by atoms with Crippen LogP contribution in [0.2, 0.25) is 0 Å². The van der Waals surface area contributed by atoms with Gasteiger partial charge in [0.2, 0.25) is 0 Å². The molecule has 0 bridgehead atoms. The molecule has 2 aliphatic carbocycles. The molecule has 0 heterocycles. The minimum absolute atomic E-state index is 0.231. The van der Waals surface area contributed by atoms with E-state index in [1.807, 2.05) is 18.2 Å². The van der Waals surface area contributed by atoms with Gasteiger partial charge in [-0.25, -0.2) is 0 Å². The molecule has 2 aliphatic rings. The number of benzene rings is 1. The van der Waals surface area contributed by atoms with Crippen LogP contribution in [0.3, 0.4) is 0 Å². The van der Waals surface area contributed by atoms with Gasteiger partial charge in [-0.15, -0.1) is 0 Å². The number of nitrogens with one attached hydrogen (secondary N) is 1. The van der Waals surface area contributed by atoms with Crippen molar-refractivity contribution in [2.24, 2.45) is 22.4 Å². The third-order valence-corrected chi connectivity index (χ3v) is 5.28. The van der Waals surface area contributed by atoms with E-state index in [0.29, 0.717) is 11.3 Å². The van der Waals surface area contributed by atoms with Crippen molar-refractivity contribution in [3.05, 3.63) is 30.3 Å². The van der Waals surface area contributed by atoms with Crippen LogP contribution in [0, 0.1) is 17.3 Å².